The number of cyclic esters (lactones) is 2. The number of ketones is 1. The number of aliphatic hydroxyl groups is 3. The molecular formula is C76H94N2O11. The van der Waals surface area contributed by atoms with E-state index >= 15 is 14.4 Å². The van der Waals surface area contributed by atoms with Crippen molar-refractivity contribution in [3.05, 3.63) is 95.6 Å². The molecule has 0 radical (unpaired) electrons. The lowest BCUT2D eigenvalue weighted by Gasteiger charge is -2.74. The van der Waals surface area contributed by atoms with Gasteiger partial charge in [-0.25, -0.2) is 4.79 Å². The monoisotopic (exact) mass is 1210 g/mol. The maximum atomic E-state index is 17.3. The van der Waals surface area contributed by atoms with Crippen LogP contribution in [0, 0.1) is 108 Å². The molecule has 8 spiro atoms. The number of hydrogen-bond acceptors (Lipinski definition) is 13. The molecule has 7 aliphatic heterocycles. The average molecular weight is 1210 g/mol. The molecule has 6 bridgehead atoms. The van der Waals surface area contributed by atoms with E-state index in [4.69, 9.17) is 23.4 Å². The normalized spacial score (nSPS) is 53.7. The van der Waals surface area contributed by atoms with Crippen molar-refractivity contribution in [2.24, 2.45) is 108 Å². The van der Waals surface area contributed by atoms with E-state index in [-0.39, 0.29) is 77.2 Å². The minimum Gasteiger partial charge on any atom is -0.469 e. The molecule has 1 aromatic carbocycles. The number of epoxide rings is 1. The van der Waals surface area contributed by atoms with Crippen LogP contribution in [-0.4, -0.2) is 106 Å². The van der Waals surface area contributed by atoms with Crippen molar-refractivity contribution in [2.75, 3.05) is 26.4 Å². The molecule has 5 saturated heterocycles. The summed E-state index contributed by atoms with van der Waals surface area (Å²) in [6.45, 7) is 5.98. The number of nitrogens with one attached hydrogen (secondary N) is 1. The van der Waals surface area contributed by atoms with Crippen molar-refractivity contribution in [1.29, 1.82) is 0 Å². The zero-order valence-corrected chi connectivity index (χ0v) is 52.5. The van der Waals surface area contributed by atoms with Gasteiger partial charge in [-0.2, -0.15) is 0 Å². The van der Waals surface area contributed by atoms with E-state index in [1.165, 1.54) is 62.5 Å². The van der Waals surface area contributed by atoms with E-state index in [1.54, 1.807) is 6.26 Å². The first-order valence-corrected chi connectivity index (χ1v) is 36.0. The molecule has 4 N–H and O–H groups in total. The number of furan rings is 1. The van der Waals surface area contributed by atoms with Gasteiger partial charge in [-0.1, -0.05) is 93.7 Å². The smallest absolute Gasteiger partial charge is 0.339 e. The molecule has 2 aromatic rings. The predicted molar refractivity (Wildman–Crippen MR) is 326 cm³/mol. The quantitative estimate of drug-likeness (QED) is 0.106. The lowest BCUT2D eigenvalue weighted by atomic mass is 9.28. The first-order valence-electron chi connectivity index (χ1n) is 36.0. The Morgan fingerprint density at radius 2 is 1.71 bits per heavy atom. The van der Waals surface area contributed by atoms with Crippen molar-refractivity contribution in [2.45, 2.75) is 215 Å². The second-order valence-electron chi connectivity index (χ2n) is 34.5. The van der Waals surface area contributed by atoms with E-state index < -0.39 is 86.1 Å². The Hall–Kier alpha value is -4.11. The van der Waals surface area contributed by atoms with Crippen molar-refractivity contribution >= 4 is 17.7 Å². The molecule has 10 saturated carbocycles. The number of Topliss-reactive ketones (excluding diaryl/α,β-unsaturated/α-hetero) is 1. The van der Waals surface area contributed by atoms with Crippen LogP contribution in [-0.2, 0) is 46.2 Å². The van der Waals surface area contributed by atoms with Gasteiger partial charge in [0.15, 0.2) is 11.9 Å². The molecule has 8 heterocycles. The fourth-order valence-corrected chi connectivity index (χ4v) is 30.5. The molecule has 1 aromatic heterocycles. The number of hydrogen-bond donors (Lipinski definition) is 4. The summed E-state index contributed by atoms with van der Waals surface area (Å²) in [5.74, 6) is -0.443. The number of nitrogens with zero attached hydrogens (tertiary/aromatic N) is 1. The van der Waals surface area contributed by atoms with Gasteiger partial charge < -0.3 is 43.6 Å². The number of esters is 2. The third-order valence-electron chi connectivity index (χ3n) is 32.6. The van der Waals surface area contributed by atoms with Crippen LogP contribution in [0.15, 0.2) is 83.2 Å². The maximum Gasteiger partial charge on any atom is 0.339 e. The Balaban J connectivity index is 0.799. The van der Waals surface area contributed by atoms with Crippen LogP contribution in [0.1, 0.15) is 178 Å². The molecule has 474 valence electrons. The highest BCUT2D eigenvalue weighted by atomic mass is 16.7. The van der Waals surface area contributed by atoms with E-state index in [1.807, 2.05) is 6.07 Å². The van der Waals surface area contributed by atoms with Gasteiger partial charge in [-0.3, -0.25) is 14.9 Å². The molecule has 13 nitrogen and oxygen atoms in total. The number of ether oxygens (including phenoxy) is 4. The van der Waals surface area contributed by atoms with Crippen LogP contribution in [0.5, 0.6) is 0 Å². The predicted octanol–water partition coefficient (Wildman–Crippen LogP) is 10.8. The molecule has 89 heavy (non-hydrogen) atoms. The van der Waals surface area contributed by atoms with E-state index in [0.717, 1.165) is 102 Å². The molecular weight excluding hydrogens is 1120 g/mol. The van der Waals surface area contributed by atoms with Crippen LogP contribution >= 0.6 is 0 Å². The van der Waals surface area contributed by atoms with Crippen molar-refractivity contribution in [3.63, 3.8) is 0 Å². The third-order valence-corrected chi connectivity index (χ3v) is 32.6. The van der Waals surface area contributed by atoms with Crippen molar-refractivity contribution < 1.29 is 53.1 Å². The summed E-state index contributed by atoms with van der Waals surface area (Å²) in [5, 5.41) is 41.4. The molecule has 20 rings (SSSR count). The lowest BCUT2D eigenvalue weighted by molar-refractivity contribution is -0.310. The second kappa shape index (κ2) is 17.8. The van der Waals surface area contributed by atoms with E-state index in [0.29, 0.717) is 48.3 Å². The highest BCUT2D eigenvalue weighted by Crippen LogP contribution is 2.96. The Labute approximate surface area is 524 Å². The van der Waals surface area contributed by atoms with Gasteiger partial charge in [-0.15, -0.1) is 0 Å². The zero-order chi connectivity index (χ0) is 59.9. The highest BCUT2D eigenvalue weighted by Gasteiger charge is 3.01. The third kappa shape index (κ3) is 5.93. The van der Waals surface area contributed by atoms with Gasteiger partial charge in [0.1, 0.15) is 41.2 Å². The molecule has 0 amide bonds. The number of carbonyl (C=O) groups excluding carboxylic acids is 3. The number of rotatable bonds is 9. The maximum absolute atomic E-state index is 17.3. The molecule has 26 unspecified atom stereocenters. The largest absolute Gasteiger partial charge is 0.469 e. The van der Waals surface area contributed by atoms with E-state index in [9.17, 15) is 15.3 Å². The van der Waals surface area contributed by atoms with Gasteiger partial charge >= 0.3 is 11.9 Å². The topological polar surface area (TPSA) is 181 Å². The van der Waals surface area contributed by atoms with Crippen LogP contribution < -0.4 is 5.32 Å². The Morgan fingerprint density at radius 3 is 2.56 bits per heavy atom. The number of benzene rings is 1. The van der Waals surface area contributed by atoms with Gasteiger partial charge in [0.2, 0.25) is 0 Å². The van der Waals surface area contributed by atoms with Gasteiger partial charge in [-0.05, 0) is 221 Å². The standard InChI is InChI=1S/C76H94N2O11/c1-66-36-47-37-73-51-33-48(70(73)27-26-69(40-70)23-9-22-68(69)20-6-7-21-68)17-25-72(73)65(84)86-41-71-59(47)74(49-13-8-12-44(31-49)30-43-10-4-3-5-11-43,61(82)58(81)60(71)67(2)24-16-50(34-51)75(71,72)89-67)76(66)63(88-76)64(83)87-62(66)53-19-29-85-57(53)35-54(56(80)39-79)45-14-15-52-46(32-45)18-28-78-42-77-38-55(52)78/h3-5,10-11,16-19,25,28-29,44-49,51-52,54-56,59-63,77,79-80,82H,6-9,12-15,20-24,26-27,30-42H2,1-2H3. The average Bonchev–Trinajstić information content (AvgIpc) is 1.43. The summed E-state index contributed by atoms with van der Waals surface area (Å²) in [7, 11) is 0. The minimum absolute atomic E-state index is 0.0327. The van der Waals surface area contributed by atoms with Crippen LogP contribution in [0.3, 0.4) is 0 Å². The Bertz CT molecular complexity index is 3470. The fraction of sp³-hybridized carbons (Fsp3) is 0.750. The molecule has 11 aliphatic carbocycles. The van der Waals surface area contributed by atoms with Crippen LogP contribution in [0.25, 0.3) is 0 Å². The van der Waals surface area contributed by atoms with Crippen LogP contribution in [0.2, 0.25) is 0 Å². The number of carbonyl (C=O) groups is 3. The summed E-state index contributed by atoms with van der Waals surface area (Å²) in [6.07, 6.45) is 33.0. The summed E-state index contributed by atoms with van der Waals surface area (Å²) >= 11 is 0. The van der Waals surface area contributed by atoms with Gasteiger partial charge in [0, 0.05) is 40.8 Å². The van der Waals surface area contributed by atoms with Gasteiger partial charge in [0.05, 0.1) is 42.6 Å². The molecule has 13 heteroatoms. The number of aliphatic hydroxyl groups excluding tert-OH is 3. The first-order chi connectivity index (χ1) is 43.1. The summed E-state index contributed by atoms with van der Waals surface area (Å²) < 4.78 is 37.4. The Kier molecular flexibility index (Phi) is 11.1. The SMILES string of the molecule is CC12CC=C3CC4CC5C=CC67C(=O)OCC8(C1C(=O)C(O)C1(C9CCCC(Cc%10ccccc%10)C9)C8C(CC8(C)C(c9ccoc9CC(C(O)CO)C9CCC%10C(C=CN%11CNCC%10%11)C9)OC(=O)C9OC981)CC46C51CCC4(CCCC45CCCC5)C1)C37O2. The minimum atomic E-state index is -1.51. The second-order valence-corrected chi connectivity index (χ2v) is 34.5. The number of allylic oxidation sites excluding steroid dienone is 2. The first kappa shape index (κ1) is 55.4. The fourth-order valence-electron chi connectivity index (χ4n) is 30.5. The summed E-state index contributed by atoms with van der Waals surface area (Å²) in [4.78, 5) is 52.5. The van der Waals surface area contributed by atoms with E-state index in [2.05, 4.69) is 84.9 Å². The zero-order valence-electron chi connectivity index (χ0n) is 52.5. The Morgan fingerprint density at radius 1 is 0.865 bits per heavy atom. The molecule has 26 atom stereocenters. The van der Waals surface area contributed by atoms with Crippen LogP contribution in [0.4, 0.5) is 0 Å². The molecule has 15 fully saturated rings. The highest BCUT2D eigenvalue weighted by molar-refractivity contribution is 5.95. The lowest BCUT2D eigenvalue weighted by Crippen LogP contribution is -2.84. The van der Waals surface area contributed by atoms with Crippen molar-refractivity contribution in [3.8, 4) is 0 Å². The summed E-state index contributed by atoms with van der Waals surface area (Å²) in [5.41, 5.74) is -5.34. The number of fused-ring (bicyclic) bond motifs is 6. The molecule has 18 aliphatic rings. The summed E-state index contributed by atoms with van der Waals surface area (Å²) in [6, 6.07) is 13.3. The van der Waals surface area contributed by atoms with Crippen molar-refractivity contribution in [1.82, 2.24) is 10.2 Å². The van der Waals surface area contributed by atoms with Gasteiger partial charge in [0.25, 0.3) is 0 Å².